The maximum absolute atomic E-state index is 11.2. The lowest BCUT2D eigenvalue weighted by molar-refractivity contribution is -0.114. The van der Waals surface area contributed by atoms with E-state index in [4.69, 9.17) is 15.2 Å². The van der Waals surface area contributed by atoms with Gasteiger partial charge in [0.15, 0.2) is 0 Å². The monoisotopic (exact) mass is 256 g/mol. The van der Waals surface area contributed by atoms with E-state index < -0.39 is 0 Å². The Morgan fingerprint density at radius 2 is 1.89 bits per heavy atom. The van der Waals surface area contributed by atoms with Crippen LogP contribution in [0.2, 0.25) is 0 Å². The molecule has 0 bridgehead atoms. The number of carbonyl (C=O) groups is 1. The second kappa shape index (κ2) is 12.5. The summed E-state index contributed by atoms with van der Waals surface area (Å²) in [5.74, 6) is 5.03. The first-order chi connectivity index (χ1) is 8.70. The van der Waals surface area contributed by atoms with E-state index in [1.54, 1.807) is 6.92 Å². The van der Waals surface area contributed by atoms with Crippen molar-refractivity contribution in [3.8, 4) is 11.8 Å². The zero-order chi connectivity index (χ0) is 13.6. The topological polar surface area (TPSA) is 64.8 Å². The molecule has 0 aliphatic carbocycles. The number of ketones is 1. The minimum absolute atomic E-state index is 0.0647. The van der Waals surface area contributed by atoms with E-state index in [1.807, 2.05) is 11.9 Å². The molecule has 5 heteroatoms. The van der Waals surface area contributed by atoms with Crippen LogP contribution in [0.3, 0.4) is 0 Å². The number of nitrogens with two attached hydrogens (primary N) is 1. The largest absolute Gasteiger partial charge is 0.379 e. The van der Waals surface area contributed by atoms with Crippen LogP contribution in [0, 0.1) is 11.8 Å². The Hall–Kier alpha value is -0.930. The van der Waals surface area contributed by atoms with Crippen LogP contribution < -0.4 is 5.73 Å². The summed E-state index contributed by atoms with van der Waals surface area (Å²) in [5, 5.41) is 0. The zero-order valence-corrected chi connectivity index (χ0v) is 11.4. The molecule has 0 aliphatic rings. The molecular weight excluding hydrogens is 232 g/mol. The highest BCUT2D eigenvalue weighted by atomic mass is 16.5. The lowest BCUT2D eigenvalue weighted by Gasteiger charge is -2.14. The second-order valence-corrected chi connectivity index (χ2v) is 3.90. The minimum atomic E-state index is -0.0647. The molecule has 0 amide bonds. The Morgan fingerprint density at radius 1 is 1.22 bits per heavy atom. The van der Waals surface area contributed by atoms with Gasteiger partial charge in [0.1, 0.15) is 0 Å². The van der Waals surface area contributed by atoms with Gasteiger partial charge in [-0.15, -0.1) is 0 Å². The first-order valence-electron chi connectivity index (χ1n) is 6.20. The Bertz CT molecular complexity index is 271. The molecule has 0 saturated heterocycles. The molecule has 0 atom stereocenters. The molecule has 0 spiro atoms. The lowest BCUT2D eigenvalue weighted by Crippen LogP contribution is -2.29. The maximum Gasteiger partial charge on any atom is 0.219 e. The molecule has 0 aromatic carbocycles. The van der Waals surface area contributed by atoms with Crippen LogP contribution in [0.5, 0.6) is 0 Å². The molecule has 0 saturated carbocycles. The average Bonchev–Trinajstić information content (AvgIpc) is 2.32. The molecule has 0 fully saturated rings. The third-order valence-corrected chi connectivity index (χ3v) is 2.16. The minimum Gasteiger partial charge on any atom is -0.379 e. The third-order valence-electron chi connectivity index (χ3n) is 2.16. The van der Waals surface area contributed by atoms with Crippen molar-refractivity contribution < 1.29 is 14.3 Å². The van der Waals surface area contributed by atoms with Crippen LogP contribution in [-0.2, 0) is 14.3 Å². The van der Waals surface area contributed by atoms with Gasteiger partial charge in [-0.1, -0.05) is 5.92 Å². The van der Waals surface area contributed by atoms with Crippen LogP contribution in [0.15, 0.2) is 0 Å². The van der Waals surface area contributed by atoms with Crippen molar-refractivity contribution in [2.24, 2.45) is 5.73 Å². The van der Waals surface area contributed by atoms with Crippen molar-refractivity contribution in [3.63, 3.8) is 0 Å². The summed E-state index contributed by atoms with van der Waals surface area (Å²) in [6.07, 6.45) is 0.878. The van der Waals surface area contributed by atoms with Crippen LogP contribution >= 0.6 is 0 Å². The van der Waals surface area contributed by atoms with Gasteiger partial charge in [-0.05, 0) is 32.9 Å². The van der Waals surface area contributed by atoms with E-state index in [9.17, 15) is 4.79 Å². The van der Waals surface area contributed by atoms with Gasteiger partial charge in [0.25, 0.3) is 0 Å². The van der Waals surface area contributed by atoms with Gasteiger partial charge in [0, 0.05) is 13.2 Å². The van der Waals surface area contributed by atoms with Crippen molar-refractivity contribution in [1.82, 2.24) is 4.90 Å². The van der Waals surface area contributed by atoms with E-state index in [2.05, 4.69) is 11.8 Å². The molecule has 5 nitrogen and oxygen atoms in total. The summed E-state index contributed by atoms with van der Waals surface area (Å²) < 4.78 is 10.7. The predicted molar refractivity (Wildman–Crippen MR) is 71.3 cm³/mol. The highest BCUT2D eigenvalue weighted by Crippen LogP contribution is 1.86. The summed E-state index contributed by atoms with van der Waals surface area (Å²) in [6.45, 7) is 5.79. The highest BCUT2D eigenvalue weighted by Gasteiger charge is 2.03. The molecule has 0 aliphatic heterocycles. The van der Waals surface area contributed by atoms with E-state index >= 15 is 0 Å². The lowest BCUT2D eigenvalue weighted by atomic mass is 10.3. The van der Waals surface area contributed by atoms with Crippen molar-refractivity contribution >= 4 is 5.78 Å². The van der Waals surface area contributed by atoms with Gasteiger partial charge in [0.05, 0.1) is 26.4 Å². The van der Waals surface area contributed by atoms with Gasteiger partial charge < -0.3 is 15.2 Å². The highest BCUT2D eigenvalue weighted by molar-refractivity contribution is 5.96. The number of hydrogen-bond donors (Lipinski definition) is 1. The fraction of sp³-hybridized carbons (Fsp3) is 0.769. The standard InChI is InChI=1S/C13H24N2O3/c1-3-5-13(16)12-15(2)7-9-18-11-10-17-8-4-6-14/h4,6-12,14H2,1-2H3. The van der Waals surface area contributed by atoms with Gasteiger partial charge in [-0.3, -0.25) is 9.69 Å². The Labute approximate surface area is 110 Å². The third kappa shape index (κ3) is 11.6. The Kier molecular flexibility index (Phi) is 11.9. The van der Waals surface area contributed by atoms with Gasteiger partial charge in [-0.2, -0.15) is 0 Å². The number of likely N-dealkylation sites (N-methyl/N-ethyl adjacent to an activating group) is 1. The smallest absolute Gasteiger partial charge is 0.219 e. The number of nitrogens with zero attached hydrogens (tertiary/aromatic N) is 1. The number of hydrogen-bond acceptors (Lipinski definition) is 5. The molecule has 0 aromatic heterocycles. The number of Topliss-reactive ketones (excluding diaryl/α,β-unsaturated/α-hetero) is 1. The van der Waals surface area contributed by atoms with Gasteiger partial charge in [0.2, 0.25) is 5.78 Å². The Balaban J connectivity index is 3.31. The molecule has 18 heavy (non-hydrogen) atoms. The number of ether oxygens (including phenoxy) is 2. The molecule has 0 rings (SSSR count). The zero-order valence-electron chi connectivity index (χ0n) is 11.4. The summed E-state index contributed by atoms with van der Waals surface area (Å²) in [6, 6.07) is 0. The molecule has 2 N–H and O–H groups in total. The molecule has 0 unspecified atom stereocenters. The van der Waals surface area contributed by atoms with Crippen LogP contribution in [0.1, 0.15) is 13.3 Å². The van der Waals surface area contributed by atoms with E-state index in [0.717, 1.165) is 6.42 Å². The normalized spacial score (nSPS) is 10.2. The molecule has 104 valence electrons. The predicted octanol–water partition coefficient (Wildman–Crippen LogP) is -0.107. The first-order valence-corrected chi connectivity index (χ1v) is 6.20. The van der Waals surface area contributed by atoms with E-state index in [-0.39, 0.29) is 5.78 Å². The summed E-state index contributed by atoms with van der Waals surface area (Å²) >= 11 is 0. The van der Waals surface area contributed by atoms with E-state index in [1.165, 1.54) is 0 Å². The quantitative estimate of drug-likeness (QED) is 0.317. The van der Waals surface area contributed by atoms with Crippen LogP contribution in [0.25, 0.3) is 0 Å². The second-order valence-electron chi connectivity index (χ2n) is 3.90. The van der Waals surface area contributed by atoms with Crippen LogP contribution in [0.4, 0.5) is 0 Å². The average molecular weight is 256 g/mol. The number of rotatable bonds is 11. The van der Waals surface area contributed by atoms with Crippen LogP contribution in [-0.4, -0.2) is 63.8 Å². The van der Waals surface area contributed by atoms with Gasteiger partial charge >= 0.3 is 0 Å². The van der Waals surface area contributed by atoms with Crippen molar-refractivity contribution in [2.45, 2.75) is 13.3 Å². The summed E-state index contributed by atoms with van der Waals surface area (Å²) in [5.41, 5.74) is 5.33. The molecule has 0 radical (unpaired) electrons. The SMILES string of the molecule is CC#CC(=O)CN(C)CCOCCOCCCN. The number of carbonyl (C=O) groups excluding carboxylic acids is 1. The maximum atomic E-state index is 11.2. The van der Waals surface area contributed by atoms with Gasteiger partial charge in [-0.25, -0.2) is 0 Å². The molecular formula is C13H24N2O3. The first kappa shape index (κ1) is 17.1. The molecule has 0 heterocycles. The van der Waals surface area contributed by atoms with Crippen molar-refractivity contribution in [1.29, 1.82) is 0 Å². The fourth-order valence-corrected chi connectivity index (χ4v) is 1.23. The van der Waals surface area contributed by atoms with Crippen molar-refractivity contribution in [3.05, 3.63) is 0 Å². The fourth-order valence-electron chi connectivity index (χ4n) is 1.23. The molecule has 0 aromatic rings. The summed E-state index contributed by atoms with van der Waals surface area (Å²) in [7, 11) is 1.87. The van der Waals surface area contributed by atoms with E-state index in [0.29, 0.717) is 46.1 Å². The Morgan fingerprint density at radius 3 is 2.50 bits per heavy atom. The van der Waals surface area contributed by atoms with Crippen molar-refractivity contribution in [2.75, 3.05) is 53.1 Å². The summed E-state index contributed by atoms with van der Waals surface area (Å²) in [4.78, 5) is 13.1.